The quantitative estimate of drug-likeness (QED) is 0.460. The fraction of sp³-hybridized carbons (Fsp3) is 0.385. The summed E-state index contributed by atoms with van der Waals surface area (Å²) in [5.74, 6) is -0.314. The van der Waals surface area contributed by atoms with Gasteiger partial charge in [-0.05, 0) is 38.0 Å². The van der Waals surface area contributed by atoms with E-state index in [0.717, 1.165) is 12.0 Å². The maximum Gasteiger partial charge on any atom is 0.338 e. The summed E-state index contributed by atoms with van der Waals surface area (Å²) in [4.78, 5) is 21.5. The second kappa shape index (κ2) is 6.68. The molecule has 91 valence electrons. The van der Waals surface area contributed by atoms with E-state index in [1.807, 2.05) is 26.0 Å². The van der Waals surface area contributed by atoms with Crippen molar-refractivity contribution in [3.63, 3.8) is 0 Å². The molecule has 1 N–H and O–H groups in total. The molecule has 0 bridgehead atoms. The van der Waals surface area contributed by atoms with Crippen molar-refractivity contribution in [1.82, 2.24) is 5.32 Å². The van der Waals surface area contributed by atoms with Crippen LogP contribution in [0.15, 0.2) is 24.3 Å². The lowest BCUT2D eigenvalue weighted by Crippen LogP contribution is -2.14. The van der Waals surface area contributed by atoms with E-state index in [1.165, 1.54) is 0 Å². The highest BCUT2D eigenvalue weighted by Gasteiger charge is 2.08. The Bertz CT molecular complexity index is 371. The summed E-state index contributed by atoms with van der Waals surface area (Å²) in [5, 5.41) is 2.46. The molecule has 1 aromatic rings. The second-order valence-electron chi connectivity index (χ2n) is 3.93. The third-order valence-electron chi connectivity index (χ3n) is 2.14. The lowest BCUT2D eigenvalue weighted by atomic mass is 10.1. The molecule has 0 unspecified atom stereocenters. The van der Waals surface area contributed by atoms with Crippen molar-refractivity contribution in [2.45, 2.75) is 26.4 Å². The number of carbonyl (C=O) groups excluding carboxylic acids is 2. The average Bonchev–Trinajstić information content (AvgIpc) is 2.29. The fourth-order valence-electron chi connectivity index (χ4n) is 1.35. The molecule has 0 atom stereocenters. The van der Waals surface area contributed by atoms with Crippen LogP contribution in [0.5, 0.6) is 0 Å². The summed E-state index contributed by atoms with van der Waals surface area (Å²) < 4.78 is 5.07. The van der Waals surface area contributed by atoms with E-state index in [1.54, 1.807) is 18.5 Å². The average molecular weight is 234 g/mol. The van der Waals surface area contributed by atoms with Crippen molar-refractivity contribution in [2.75, 3.05) is 6.54 Å². The summed E-state index contributed by atoms with van der Waals surface area (Å²) in [5.41, 5.74) is 1.59. The molecule has 0 saturated carbocycles. The van der Waals surface area contributed by atoms with Crippen LogP contribution in [0.1, 0.15) is 29.8 Å². The van der Waals surface area contributed by atoms with E-state index in [-0.39, 0.29) is 12.1 Å². The van der Waals surface area contributed by atoms with Gasteiger partial charge in [0.1, 0.15) is 0 Å². The first-order valence-corrected chi connectivity index (χ1v) is 5.53. The number of hydrogen-bond acceptors (Lipinski definition) is 3. The smallest absolute Gasteiger partial charge is 0.338 e. The van der Waals surface area contributed by atoms with E-state index in [9.17, 15) is 9.59 Å². The Morgan fingerprint density at radius 1 is 1.35 bits per heavy atom. The molecule has 1 amide bonds. The van der Waals surface area contributed by atoms with Gasteiger partial charge in [0.05, 0.1) is 11.7 Å². The zero-order chi connectivity index (χ0) is 12.7. The van der Waals surface area contributed by atoms with Crippen molar-refractivity contribution in [3.8, 4) is 0 Å². The minimum atomic E-state index is -0.314. The second-order valence-corrected chi connectivity index (χ2v) is 3.93. The van der Waals surface area contributed by atoms with Crippen LogP contribution in [0.4, 0.5) is 0 Å². The fourth-order valence-corrected chi connectivity index (χ4v) is 1.35. The lowest BCUT2D eigenvalue weighted by molar-refractivity contribution is 0.0378. The molecular formula is C13H16NO3. The molecular weight excluding hydrogens is 218 g/mol. The Morgan fingerprint density at radius 2 is 2.00 bits per heavy atom. The molecule has 0 spiro atoms. The number of ether oxygens (including phenoxy) is 1. The first-order valence-electron chi connectivity index (χ1n) is 5.53. The third kappa shape index (κ3) is 4.68. The molecule has 0 saturated heterocycles. The van der Waals surface area contributed by atoms with Crippen LogP contribution in [0, 0.1) is 0 Å². The molecule has 0 aliphatic rings. The van der Waals surface area contributed by atoms with Gasteiger partial charge in [0, 0.05) is 6.54 Å². The molecule has 1 aromatic carbocycles. The van der Waals surface area contributed by atoms with Crippen molar-refractivity contribution in [2.24, 2.45) is 0 Å². The Balaban J connectivity index is 2.55. The van der Waals surface area contributed by atoms with E-state index in [0.29, 0.717) is 12.1 Å². The van der Waals surface area contributed by atoms with Gasteiger partial charge in [0.25, 0.3) is 0 Å². The number of rotatable bonds is 6. The number of carbonyl (C=O) groups is 1. The molecule has 4 nitrogen and oxygen atoms in total. The van der Waals surface area contributed by atoms with Crippen LogP contribution in [0.25, 0.3) is 0 Å². The molecule has 4 heteroatoms. The van der Waals surface area contributed by atoms with Gasteiger partial charge in [-0.3, -0.25) is 4.79 Å². The molecule has 1 radical (unpaired) electrons. The van der Waals surface area contributed by atoms with Crippen LogP contribution in [0.3, 0.4) is 0 Å². The first-order chi connectivity index (χ1) is 8.13. The molecule has 0 aromatic heterocycles. The Labute approximate surface area is 101 Å². The largest absolute Gasteiger partial charge is 0.459 e. The zero-order valence-corrected chi connectivity index (χ0v) is 10.0. The van der Waals surface area contributed by atoms with Gasteiger partial charge >= 0.3 is 12.4 Å². The van der Waals surface area contributed by atoms with Crippen LogP contribution in [0.2, 0.25) is 0 Å². The molecule has 0 aliphatic heterocycles. The van der Waals surface area contributed by atoms with Crippen LogP contribution < -0.4 is 5.32 Å². The monoisotopic (exact) mass is 234 g/mol. The molecule has 1 rings (SSSR count). The normalized spacial score (nSPS) is 10.1. The summed E-state index contributed by atoms with van der Waals surface area (Å²) >= 11 is 0. The van der Waals surface area contributed by atoms with Crippen molar-refractivity contribution in [1.29, 1.82) is 0 Å². The van der Waals surface area contributed by atoms with Gasteiger partial charge in [-0.25, -0.2) is 4.79 Å². The highest BCUT2D eigenvalue weighted by molar-refractivity contribution is 5.89. The van der Waals surface area contributed by atoms with Gasteiger partial charge < -0.3 is 10.1 Å². The van der Waals surface area contributed by atoms with Crippen molar-refractivity contribution < 1.29 is 14.3 Å². The maximum atomic E-state index is 11.5. The minimum absolute atomic E-state index is 0.116. The summed E-state index contributed by atoms with van der Waals surface area (Å²) in [6.07, 6.45) is 2.22. The van der Waals surface area contributed by atoms with Crippen LogP contribution in [-0.2, 0) is 16.0 Å². The number of benzene rings is 1. The van der Waals surface area contributed by atoms with Gasteiger partial charge in [-0.1, -0.05) is 12.1 Å². The van der Waals surface area contributed by atoms with E-state index in [4.69, 9.17) is 4.74 Å². The zero-order valence-electron chi connectivity index (χ0n) is 10.0. The minimum Gasteiger partial charge on any atom is -0.459 e. The highest BCUT2D eigenvalue weighted by atomic mass is 16.5. The number of amides is 1. The highest BCUT2D eigenvalue weighted by Crippen LogP contribution is 2.07. The number of nitrogens with one attached hydrogen (secondary N) is 1. The van der Waals surface area contributed by atoms with Crippen LogP contribution >= 0.6 is 0 Å². The molecule has 0 aliphatic carbocycles. The summed E-state index contributed by atoms with van der Waals surface area (Å²) in [7, 11) is 0. The first kappa shape index (κ1) is 13.2. The predicted octanol–water partition coefficient (Wildman–Crippen LogP) is 1.45. The predicted molar refractivity (Wildman–Crippen MR) is 64.4 cm³/mol. The van der Waals surface area contributed by atoms with Gasteiger partial charge in [0.2, 0.25) is 0 Å². The van der Waals surface area contributed by atoms with Gasteiger partial charge in [-0.15, -0.1) is 0 Å². The molecule has 0 heterocycles. The number of esters is 1. The number of hydrogen-bond donors (Lipinski definition) is 1. The SMILES string of the molecule is CC(C)OC(=O)c1ccc(CCN[C]=O)cc1. The third-order valence-corrected chi connectivity index (χ3v) is 2.14. The standard InChI is InChI=1S/C13H16NO3/c1-10(2)17-13(16)12-5-3-11(4-6-12)7-8-14-9-15/h3-6,10H,7-8H2,1-2H3,(H,14,15). The molecule has 17 heavy (non-hydrogen) atoms. The van der Waals surface area contributed by atoms with Gasteiger partial charge in [0.15, 0.2) is 0 Å². The topological polar surface area (TPSA) is 55.4 Å². The van der Waals surface area contributed by atoms with Crippen LogP contribution in [-0.4, -0.2) is 25.0 Å². The summed E-state index contributed by atoms with van der Waals surface area (Å²) in [6.45, 7) is 4.17. The van der Waals surface area contributed by atoms with E-state index >= 15 is 0 Å². The summed E-state index contributed by atoms with van der Waals surface area (Å²) in [6, 6.07) is 7.15. The maximum absolute atomic E-state index is 11.5. The van der Waals surface area contributed by atoms with Crippen molar-refractivity contribution >= 4 is 12.4 Å². The Kier molecular flexibility index (Phi) is 5.20. The van der Waals surface area contributed by atoms with E-state index in [2.05, 4.69) is 5.32 Å². The van der Waals surface area contributed by atoms with Crippen molar-refractivity contribution in [3.05, 3.63) is 35.4 Å². The van der Waals surface area contributed by atoms with Gasteiger partial charge in [-0.2, -0.15) is 0 Å². The Hall–Kier alpha value is -1.84. The molecule has 0 fully saturated rings. The van der Waals surface area contributed by atoms with E-state index < -0.39 is 0 Å². The lowest BCUT2D eigenvalue weighted by Gasteiger charge is -2.08. The Morgan fingerprint density at radius 3 is 2.53 bits per heavy atom.